The van der Waals surface area contributed by atoms with Crippen LogP contribution in [0.1, 0.15) is 20.8 Å². The molecule has 0 aromatic rings. The molecule has 1 aliphatic heterocycles. The molecule has 0 bridgehead atoms. The fourth-order valence-corrected chi connectivity index (χ4v) is 2.84. The Kier molecular flexibility index (Phi) is 2.74. The Morgan fingerprint density at radius 2 is 2.17 bits per heavy atom. The average molecular weight is 210 g/mol. The van der Waals surface area contributed by atoms with E-state index in [1.54, 1.807) is 13.3 Å². The van der Waals surface area contributed by atoms with Crippen LogP contribution in [0.25, 0.3) is 0 Å². The first-order valence-electron chi connectivity index (χ1n) is 3.64. The van der Waals surface area contributed by atoms with Gasteiger partial charge in [0.15, 0.2) is 0 Å². The summed E-state index contributed by atoms with van der Waals surface area (Å²) < 4.78 is 12.1. The molecule has 5 heteroatoms. The zero-order chi connectivity index (χ0) is 9.35. The molecule has 1 aliphatic rings. The van der Waals surface area contributed by atoms with Gasteiger partial charge in [-0.1, -0.05) is 0 Å². The topological polar surface area (TPSA) is 21.7 Å². The second-order valence-electron chi connectivity index (χ2n) is 3.49. The molecule has 1 unspecified atom stereocenters. The Labute approximate surface area is 79.0 Å². The van der Waals surface area contributed by atoms with Gasteiger partial charge in [-0.15, -0.1) is 0 Å². The summed E-state index contributed by atoms with van der Waals surface area (Å²) in [6.45, 7) is 6.22. The molecule has 70 valence electrons. The first-order valence-corrected chi connectivity index (χ1v) is 5.76. The van der Waals surface area contributed by atoms with Crippen molar-refractivity contribution in [2.75, 3.05) is 7.11 Å². The van der Waals surface area contributed by atoms with Crippen molar-refractivity contribution in [2.24, 2.45) is 0 Å². The number of hydrogen-bond donors (Lipinski definition) is 0. The first-order chi connectivity index (χ1) is 5.45. The van der Waals surface area contributed by atoms with Gasteiger partial charge >= 0.3 is 5.95 Å². The molecule has 1 rings (SSSR count). The molecule has 0 fully saturated rings. The van der Waals surface area contributed by atoms with Gasteiger partial charge in [0, 0.05) is 5.54 Å². The molecule has 1 atom stereocenters. The number of rotatable bonds is 1. The second-order valence-corrected chi connectivity index (χ2v) is 5.42. The van der Waals surface area contributed by atoms with Crippen molar-refractivity contribution < 1.29 is 9.26 Å². The molecule has 0 radical (unpaired) electrons. The minimum Gasteiger partial charge on any atom is -0.467 e. The van der Waals surface area contributed by atoms with Crippen molar-refractivity contribution in [2.45, 2.75) is 26.3 Å². The third kappa shape index (κ3) is 1.96. The van der Waals surface area contributed by atoms with Crippen LogP contribution >= 0.6 is 18.9 Å². The summed E-state index contributed by atoms with van der Waals surface area (Å²) in [5, 5.41) is 0. The summed E-state index contributed by atoms with van der Waals surface area (Å²) >= 11 is 5.97. The van der Waals surface area contributed by atoms with Gasteiger partial charge in [0.2, 0.25) is 0 Å². The SMILES string of the molecule is COC1=CN(C(C)(C)C)P(Cl)O1. The maximum atomic E-state index is 5.97. The summed E-state index contributed by atoms with van der Waals surface area (Å²) in [5.74, 6) is 0.492. The van der Waals surface area contributed by atoms with Gasteiger partial charge in [0.05, 0.1) is 13.3 Å². The summed E-state index contributed by atoms with van der Waals surface area (Å²) in [7, 11) is 0.494. The van der Waals surface area contributed by atoms with Crippen LogP contribution in [0.15, 0.2) is 12.1 Å². The largest absolute Gasteiger partial charge is 0.467 e. The lowest BCUT2D eigenvalue weighted by Crippen LogP contribution is -2.30. The van der Waals surface area contributed by atoms with E-state index in [2.05, 4.69) is 20.8 Å². The van der Waals surface area contributed by atoms with Crippen molar-refractivity contribution in [1.82, 2.24) is 4.67 Å². The lowest BCUT2D eigenvalue weighted by Gasteiger charge is -2.31. The molecule has 0 N–H and O–H groups in total. The van der Waals surface area contributed by atoms with E-state index in [4.69, 9.17) is 20.5 Å². The quantitative estimate of drug-likeness (QED) is 0.620. The van der Waals surface area contributed by atoms with Crippen LogP contribution in [0.5, 0.6) is 0 Å². The van der Waals surface area contributed by atoms with E-state index in [0.29, 0.717) is 5.95 Å². The van der Waals surface area contributed by atoms with Gasteiger partial charge in [-0.25, -0.2) is 0 Å². The van der Waals surface area contributed by atoms with Crippen molar-refractivity contribution in [3.63, 3.8) is 0 Å². The fraction of sp³-hybridized carbons (Fsp3) is 0.714. The molecule has 0 aromatic carbocycles. The highest BCUT2D eigenvalue weighted by molar-refractivity contribution is 7.78. The monoisotopic (exact) mass is 209 g/mol. The van der Waals surface area contributed by atoms with E-state index >= 15 is 0 Å². The highest BCUT2D eigenvalue weighted by Crippen LogP contribution is 2.56. The number of hydrogen-bond acceptors (Lipinski definition) is 3. The van der Waals surface area contributed by atoms with Crippen LogP contribution < -0.4 is 0 Å². The van der Waals surface area contributed by atoms with Gasteiger partial charge in [-0.2, -0.15) is 0 Å². The summed E-state index contributed by atoms with van der Waals surface area (Å²) in [6.07, 6.45) is 1.80. The predicted molar refractivity (Wildman–Crippen MR) is 50.5 cm³/mol. The van der Waals surface area contributed by atoms with Crippen LogP contribution in [0.4, 0.5) is 0 Å². The average Bonchev–Trinajstić information content (AvgIpc) is 2.29. The lowest BCUT2D eigenvalue weighted by molar-refractivity contribution is 0.169. The maximum Gasteiger partial charge on any atom is 0.301 e. The van der Waals surface area contributed by atoms with E-state index in [1.807, 2.05) is 4.67 Å². The van der Waals surface area contributed by atoms with E-state index in [0.717, 1.165) is 0 Å². The van der Waals surface area contributed by atoms with Crippen LogP contribution in [0, 0.1) is 0 Å². The molecule has 12 heavy (non-hydrogen) atoms. The van der Waals surface area contributed by atoms with Gasteiger partial charge < -0.3 is 13.9 Å². The zero-order valence-electron chi connectivity index (χ0n) is 7.67. The third-order valence-electron chi connectivity index (χ3n) is 1.45. The van der Waals surface area contributed by atoms with Crippen LogP contribution in [0.2, 0.25) is 0 Å². The third-order valence-corrected chi connectivity index (χ3v) is 3.53. The summed E-state index contributed by atoms with van der Waals surface area (Å²) in [4.78, 5) is 0. The second kappa shape index (κ2) is 3.31. The molecule has 1 heterocycles. The van der Waals surface area contributed by atoms with E-state index < -0.39 is 7.65 Å². The predicted octanol–water partition coefficient (Wildman–Crippen LogP) is 3.03. The molecule has 0 amide bonds. The van der Waals surface area contributed by atoms with Crippen LogP contribution in [-0.2, 0) is 9.26 Å². The summed E-state index contributed by atoms with van der Waals surface area (Å²) in [5.41, 5.74) is -0.0201. The normalized spacial score (nSPS) is 23.6. The molecule has 0 spiro atoms. The van der Waals surface area contributed by atoms with Gasteiger partial charge in [-0.3, -0.25) is 0 Å². The van der Waals surface area contributed by atoms with E-state index in [-0.39, 0.29) is 5.54 Å². The van der Waals surface area contributed by atoms with Crippen molar-refractivity contribution in [3.05, 3.63) is 12.1 Å². The molecule has 0 saturated carbocycles. The molecule has 0 aromatic heterocycles. The molecular formula is C7H13ClNO2P. The highest BCUT2D eigenvalue weighted by atomic mass is 35.7. The zero-order valence-corrected chi connectivity index (χ0v) is 9.32. The van der Waals surface area contributed by atoms with Gasteiger partial charge in [0.1, 0.15) is 0 Å². The molecule has 0 aliphatic carbocycles. The Hall–Kier alpha value is -0.140. The van der Waals surface area contributed by atoms with E-state index in [1.165, 1.54) is 0 Å². The minimum atomic E-state index is -1.07. The van der Waals surface area contributed by atoms with E-state index in [9.17, 15) is 0 Å². The Morgan fingerprint density at radius 3 is 2.42 bits per heavy atom. The maximum absolute atomic E-state index is 5.97. The van der Waals surface area contributed by atoms with Crippen LogP contribution in [-0.4, -0.2) is 17.3 Å². The lowest BCUT2D eigenvalue weighted by atomic mass is 10.1. The Bertz CT molecular complexity index is 202. The Balaban J connectivity index is 2.73. The number of ether oxygens (including phenoxy) is 1. The molecular weight excluding hydrogens is 197 g/mol. The van der Waals surface area contributed by atoms with Crippen molar-refractivity contribution in [1.29, 1.82) is 0 Å². The first kappa shape index (κ1) is 9.94. The molecule has 0 saturated heterocycles. The summed E-state index contributed by atoms with van der Waals surface area (Å²) in [6, 6.07) is 0. The minimum absolute atomic E-state index is 0.0201. The van der Waals surface area contributed by atoms with Gasteiger partial charge in [-0.05, 0) is 32.0 Å². The highest BCUT2D eigenvalue weighted by Gasteiger charge is 2.34. The molecule has 3 nitrogen and oxygen atoms in total. The standard InChI is InChI=1S/C7H13ClNO2P/c1-7(2,3)9-5-6(10-4)11-12(9)8/h5H,1-4H3. The number of methoxy groups -OCH3 is 1. The van der Waals surface area contributed by atoms with Gasteiger partial charge in [0.25, 0.3) is 7.65 Å². The van der Waals surface area contributed by atoms with Crippen molar-refractivity contribution >= 4 is 18.9 Å². The van der Waals surface area contributed by atoms with Crippen LogP contribution in [0.3, 0.4) is 0 Å². The fourth-order valence-electron chi connectivity index (χ4n) is 0.807. The smallest absolute Gasteiger partial charge is 0.301 e. The van der Waals surface area contributed by atoms with Crippen molar-refractivity contribution in [3.8, 4) is 0 Å². The number of nitrogens with zero attached hydrogens (tertiary/aromatic N) is 1. The number of halogens is 1. The Morgan fingerprint density at radius 1 is 1.58 bits per heavy atom.